The first-order chi connectivity index (χ1) is 13.2. The summed E-state index contributed by atoms with van der Waals surface area (Å²) in [5, 5.41) is 0. The van der Waals surface area contributed by atoms with Crippen LogP contribution in [0.3, 0.4) is 0 Å². The lowest BCUT2D eigenvalue weighted by Gasteiger charge is -2.34. The first-order valence-electron chi connectivity index (χ1n) is 9.22. The highest BCUT2D eigenvalue weighted by molar-refractivity contribution is 5.95. The zero-order chi connectivity index (χ0) is 19.1. The van der Waals surface area contributed by atoms with Gasteiger partial charge in [0.2, 0.25) is 5.91 Å². The van der Waals surface area contributed by atoms with Crippen LogP contribution in [0.4, 0.5) is 0 Å². The van der Waals surface area contributed by atoms with Gasteiger partial charge in [-0.1, -0.05) is 36.4 Å². The van der Waals surface area contributed by atoms with Crippen molar-refractivity contribution in [2.45, 2.75) is 6.92 Å². The van der Waals surface area contributed by atoms with E-state index >= 15 is 0 Å². The van der Waals surface area contributed by atoms with Gasteiger partial charge < -0.3 is 14.5 Å². The lowest BCUT2D eigenvalue weighted by atomic mass is 10.1. The molecule has 27 heavy (non-hydrogen) atoms. The third kappa shape index (κ3) is 4.76. The molecular weight excluding hydrogens is 340 g/mol. The number of para-hydroxylation sites is 1. The number of hydrogen-bond donors (Lipinski definition) is 0. The molecule has 3 rings (SSSR count). The van der Waals surface area contributed by atoms with Crippen LogP contribution in [0.15, 0.2) is 60.7 Å². The van der Waals surface area contributed by atoms with E-state index in [0.717, 1.165) is 11.3 Å². The van der Waals surface area contributed by atoms with Crippen molar-refractivity contribution in [1.82, 2.24) is 9.80 Å². The van der Waals surface area contributed by atoms with E-state index < -0.39 is 0 Å². The Balaban J connectivity index is 1.57. The normalized spacial score (nSPS) is 14.4. The molecule has 2 aromatic carbocycles. The minimum Gasteiger partial charge on any atom is -0.493 e. The van der Waals surface area contributed by atoms with E-state index in [1.54, 1.807) is 22.0 Å². The van der Waals surface area contributed by atoms with Gasteiger partial charge in [-0.05, 0) is 31.2 Å². The minimum absolute atomic E-state index is 0.0175. The number of rotatable bonds is 5. The number of amides is 2. The molecule has 0 N–H and O–H groups in total. The number of hydrogen-bond acceptors (Lipinski definition) is 3. The molecule has 5 nitrogen and oxygen atoms in total. The maximum atomic E-state index is 12.5. The third-order valence-corrected chi connectivity index (χ3v) is 4.52. The van der Waals surface area contributed by atoms with Crippen molar-refractivity contribution >= 4 is 17.9 Å². The zero-order valence-electron chi connectivity index (χ0n) is 15.5. The number of nitrogens with zero attached hydrogens (tertiary/aromatic N) is 2. The smallest absolute Gasteiger partial charge is 0.253 e. The maximum absolute atomic E-state index is 12.5. The van der Waals surface area contributed by atoms with Crippen LogP contribution in [0.2, 0.25) is 0 Å². The Bertz CT molecular complexity index is 809. The lowest BCUT2D eigenvalue weighted by molar-refractivity contribution is -0.127. The zero-order valence-corrected chi connectivity index (χ0v) is 15.5. The van der Waals surface area contributed by atoms with Gasteiger partial charge >= 0.3 is 0 Å². The summed E-state index contributed by atoms with van der Waals surface area (Å²) < 4.78 is 5.58. The van der Waals surface area contributed by atoms with Gasteiger partial charge in [0, 0.05) is 43.4 Å². The molecule has 1 saturated heterocycles. The Kier molecular flexibility index (Phi) is 6.26. The monoisotopic (exact) mass is 364 g/mol. The van der Waals surface area contributed by atoms with Gasteiger partial charge in [-0.15, -0.1) is 0 Å². The first-order valence-corrected chi connectivity index (χ1v) is 9.22. The van der Waals surface area contributed by atoms with Crippen molar-refractivity contribution in [3.05, 3.63) is 71.8 Å². The number of carbonyl (C=O) groups is 2. The highest BCUT2D eigenvalue weighted by Gasteiger charge is 2.23. The lowest BCUT2D eigenvalue weighted by Crippen LogP contribution is -2.50. The summed E-state index contributed by atoms with van der Waals surface area (Å²) in [6.07, 6.45) is 3.36. The summed E-state index contributed by atoms with van der Waals surface area (Å²) in [6, 6.07) is 16.9. The van der Waals surface area contributed by atoms with E-state index in [-0.39, 0.29) is 11.8 Å². The van der Waals surface area contributed by atoms with Crippen molar-refractivity contribution in [2.75, 3.05) is 32.8 Å². The van der Waals surface area contributed by atoms with Crippen molar-refractivity contribution in [1.29, 1.82) is 0 Å². The average molecular weight is 364 g/mol. The summed E-state index contributed by atoms with van der Waals surface area (Å²) in [7, 11) is 0. The second kappa shape index (κ2) is 9.03. The van der Waals surface area contributed by atoms with Gasteiger partial charge in [-0.25, -0.2) is 0 Å². The molecule has 1 fully saturated rings. The van der Waals surface area contributed by atoms with Crippen molar-refractivity contribution in [3.63, 3.8) is 0 Å². The topological polar surface area (TPSA) is 49.9 Å². The number of carbonyl (C=O) groups excluding carboxylic acids is 2. The molecule has 0 radical (unpaired) electrons. The summed E-state index contributed by atoms with van der Waals surface area (Å²) >= 11 is 0. The Labute approximate surface area is 159 Å². The summed E-state index contributed by atoms with van der Waals surface area (Å²) in [4.78, 5) is 28.5. The van der Waals surface area contributed by atoms with Crippen LogP contribution in [0.1, 0.15) is 22.8 Å². The van der Waals surface area contributed by atoms with Gasteiger partial charge in [-0.2, -0.15) is 0 Å². The van der Waals surface area contributed by atoms with Gasteiger partial charge in [-0.3, -0.25) is 9.59 Å². The van der Waals surface area contributed by atoms with E-state index in [1.807, 2.05) is 61.5 Å². The maximum Gasteiger partial charge on any atom is 0.253 e. The molecular formula is C22H24N2O3. The third-order valence-electron chi connectivity index (χ3n) is 4.52. The summed E-state index contributed by atoms with van der Waals surface area (Å²) in [5.74, 6) is 0.735. The fourth-order valence-corrected chi connectivity index (χ4v) is 3.06. The molecule has 2 amide bonds. The van der Waals surface area contributed by atoms with Crippen LogP contribution in [0.5, 0.6) is 5.75 Å². The standard InChI is InChI=1S/C22H24N2O3/c1-2-27-20-11-7-6-8-18(20)12-13-21(25)23-14-16-24(17-15-23)22(26)19-9-4-3-5-10-19/h3-13H,2,14-17H2,1H3/b13-12+. The molecule has 2 aromatic rings. The highest BCUT2D eigenvalue weighted by Crippen LogP contribution is 2.19. The SMILES string of the molecule is CCOc1ccccc1/C=C/C(=O)N1CCN(C(=O)c2ccccc2)CC1. The number of benzene rings is 2. The van der Waals surface area contributed by atoms with Gasteiger partial charge in [0.15, 0.2) is 0 Å². The molecule has 1 heterocycles. The second-order valence-corrected chi connectivity index (χ2v) is 6.29. The average Bonchev–Trinajstić information content (AvgIpc) is 2.73. The molecule has 1 aliphatic rings. The molecule has 0 unspecified atom stereocenters. The van der Waals surface area contributed by atoms with Gasteiger partial charge in [0.25, 0.3) is 5.91 Å². The molecule has 5 heteroatoms. The Morgan fingerprint density at radius 2 is 1.56 bits per heavy atom. The molecule has 140 valence electrons. The highest BCUT2D eigenvalue weighted by atomic mass is 16.5. The van der Waals surface area contributed by atoms with E-state index in [9.17, 15) is 9.59 Å². The molecule has 0 saturated carbocycles. The molecule has 1 aliphatic heterocycles. The molecule has 0 bridgehead atoms. The molecule has 0 aromatic heterocycles. The van der Waals surface area contributed by atoms with Gasteiger partial charge in [0.05, 0.1) is 6.61 Å². The Hall–Kier alpha value is -3.08. The number of ether oxygens (including phenoxy) is 1. The van der Waals surface area contributed by atoms with Crippen molar-refractivity contribution < 1.29 is 14.3 Å². The van der Waals surface area contributed by atoms with Gasteiger partial charge in [0.1, 0.15) is 5.75 Å². The van der Waals surface area contributed by atoms with Crippen LogP contribution in [-0.4, -0.2) is 54.4 Å². The fraction of sp³-hybridized carbons (Fsp3) is 0.273. The Morgan fingerprint density at radius 1 is 0.926 bits per heavy atom. The van der Waals surface area contributed by atoms with Crippen molar-refractivity contribution in [2.24, 2.45) is 0 Å². The quantitative estimate of drug-likeness (QED) is 0.766. The fourth-order valence-electron chi connectivity index (χ4n) is 3.06. The minimum atomic E-state index is -0.0480. The van der Waals surface area contributed by atoms with E-state index in [1.165, 1.54) is 0 Å². The molecule has 0 atom stereocenters. The predicted molar refractivity (Wildman–Crippen MR) is 106 cm³/mol. The summed E-state index contributed by atoms with van der Waals surface area (Å²) in [5.41, 5.74) is 1.57. The second-order valence-electron chi connectivity index (χ2n) is 6.29. The van der Waals surface area contributed by atoms with E-state index in [4.69, 9.17) is 4.74 Å². The van der Waals surface area contributed by atoms with Crippen LogP contribution >= 0.6 is 0 Å². The van der Waals surface area contributed by atoms with Crippen molar-refractivity contribution in [3.8, 4) is 5.75 Å². The predicted octanol–water partition coefficient (Wildman–Crippen LogP) is 3.08. The van der Waals surface area contributed by atoms with Crippen LogP contribution in [0.25, 0.3) is 6.08 Å². The number of piperazine rings is 1. The largest absolute Gasteiger partial charge is 0.493 e. The molecule has 0 aliphatic carbocycles. The van der Waals surface area contributed by atoms with Crippen LogP contribution < -0.4 is 4.74 Å². The first kappa shape index (κ1) is 18.7. The van der Waals surface area contributed by atoms with Crippen LogP contribution in [0, 0.1) is 0 Å². The molecule has 0 spiro atoms. The van der Waals surface area contributed by atoms with Crippen LogP contribution in [-0.2, 0) is 4.79 Å². The Morgan fingerprint density at radius 3 is 2.26 bits per heavy atom. The summed E-state index contributed by atoms with van der Waals surface area (Å²) in [6.45, 7) is 4.67. The van der Waals surface area contributed by atoms with E-state index in [2.05, 4.69) is 0 Å². The van der Waals surface area contributed by atoms with E-state index in [0.29, 0.717) is 38.3 Å².